The summed E-state index contributed by atoms with van der Waals surface area (Å²) in [7, 11) is -1.08. The number of fused-ring (bicyclic) bond motifs is 1. The maximum absolute atomic E-state index is 13.8. The lowest BCUT2D eigenvalue weighted by Crippen LogP contribution is -2.50. The lowest BCUT2D eigenvalue weighted by molar-refractivity contribution is 0.0419. The third-order valence-corrected chi connectivity index (χ3v) is 7.52. The Morgan fingerprint density at radius 3 is 2.41 bits per heavy atom. The highest BCUT2D eigenvalue weighted by atomic mass is 32.2. The molecule has 2 aromatic carbocycles. The van der Waals surface area contributed by atoms with Gasteiger partial charge in [-0.3, -0.25) is 4.21 Å². The predicted molar refractivity (Wildman–Crippen MR) is 141 cm³/mol. The lowest BCUT2D eigenvalue weighted by atomic mass is 9.96. The van der Waals surface area contributed by atoms with E-state index in [1.165, 1.54) is 12.1 Å². The first-order chi connectivity index (χ1) is 17.3. The first-order valence-corrected chi connectivity index (χ1v) is 14.0. The normalized spacial score (nSPS) is 19.3. The van der Waals surface area contributed by atoms with E-state index in [0.717, 1.165) is 28.5 Å². The fourth-order valence-corrected chi connectivity index (χ4v) is 5.86. The van der Waals surface area contributed by atoms with Gasteiger partial charge in [-0.2, -0.15) is 0 Å². The van der Waals surface area contributed by atoms with Crippen molar-refractivity contribution in [2.24, 2.45) is 5.92 Å². The molecule has 1 heterocycles. The van der Waals surface area contributed by atoms with Gasteiger partial charge in [0.15, 0.2) is 0 Å². The zero-order valence-electron chi connectivity index (χ0n) is 22.1. The topological polar surface area (TPSA) is 87.7 Å². The number of carbonyl (C=O) groups excluding carboxylic acids is 1. The van der Waals surface area contributed by atoms with Crippen molar-refractivity contribution in [3.63, 3.8) is 0 Å². The Morgan fingerprint density at radius 1 is 1.11 bits per heavy atom. The van der Waals surface area contributed by atoms with Crippen LogP contribution in [-0.2, 0) is 28.4 Å². The number of hydrogen-bond donors (Lipinski definition) is 3. The van der Waals surface area contributed by atoms with E-state index in [1.54, 1.807) is 20.8 Å². The van der Waals surface area contributed by atoms with Crippen LogP contribution < -0.4 is 10.6 Å². The molecule has 0 saturated carbocycles. The summed E-state index contributed by atoms with van der Waals surface area (Å²) in [6.07, 6.45) is -0.280. The molecule has 1 aliphatic rings. The van der Waals surface area contributed by atoms with Crippen molar-refractivity contribution in [3.8, 4) is 0 Å². The Kier molecular flexibility index (Phi) is 9.83. The molecule has 0 aliphatic carbocycles. The highest BCUT2D eigenvalue weighted by Crippen LogP contribution is 2.31. The van der Waals surface area contributed by atoms with Crippen molar-refractivity contribution in [2.45, 2.75) is 82.6 Å². The van der Waals surface area contributed by atoms with Crippen molar-refractivity contribution < 1.29 is 27.6 Å². The van der Waals surface area contributed by atoms with Gasteiger partial charge in [-0.25, -0.2) is 13.6 Å². The minimum Gasteiger partial charge on any atom is -0.444 e. The van der Waals surface area contributed by atoms with Gasteiger partial charge in [0.1, 0.15) is 17.2 Å². The van der Waals surface area contributed by atoms with Crippen LogP contribution in [0, 0.1) is 17.6 Å². The van der Waals surface area contributed by atoms with Crippen LogP contribution in [0.1, 0.15) is 63.8 Å². The van der Waals surface area contributed by atoms with Gasteiger partial charge in [-0.15, -0.1) is 0 Å². The van der Waals surface area contributed by atoms with Gasteiger partial charge in [0.2, 0.25) is 0 Å². The zero-order chi connectivity index (χ0) is 27.3. The van der Waals surface area contributed by atoms with Crippen molar-refractivity contribution in [2.75, 3.05) is 12.3 Å². The number of rotatable bonds is 9. The first kappa shape index (κ1) is 29.2. The molecule has 4 atom stereocenters. The summed E-state index contributed by atoms with van der Waals surface area (Å²) in [4.78, 5) is 13.3. The van der Waals surface area contributed by atoms with E-state index in [4.69, 9.17) is 4.74 Å². The molecule has 0 aromatic heterocycles. The fraction of sp³-hybridized carbons (Fsp3) is 0.536. The Bertz CT molecular complexity index is 1100. The van der Waals surface area contributed by atoms with Crippen LogP contribution in [0.5, 0.6) is 0 Å². The standard InChI is InChI=1S/C28H38F2N2O4S/c1-17(2)10-18-6-7-26-22(13-18)23(8-9-37(26)35)31-16-25(33)24(32-27(34)36-28(3,4)5)14-19-11-20(29)15-21(30)12-19/h6-7,11-13,15,17,23-25,31,33H,8-10,14,16H2,1-5H3,(H,32,34). The molecule has 37 heavy (non-hydrogen) atoms. The summed E-state index contributed by atoms with van der Waals surface area (Å²) in [5.74, 6) is -0.482. The molecule has 6 nitrogen and oxygen atoms in total. The molecule has 4 unspecified atom stereocenters. The quantitative estimate of drug-likeness (QED) is 0.429. The molecule has 1 aliphatic heterocycles. The van der Waals surface area contributed by atoms with Gasteiger partial charge >= 0.3 is 6.09 Å². The summed E-state index contributed by atoms with van der Waals surface area (Å²) in [6.45, 7) is 9.56. The number of halogens is 2. The fourth-order valence-electron chi connectivity index (χ4n) is 4.51. The summed E-state index contributed by atoms with van der Waals surface area (Å²) >= 11 is 0. The Labute approximate surface area is 220 Å². The molecule has 9 heteroatoms. The van der Waals surface area contributed by atoms with Crippen LogP contribution in [0.15, 0.2) is 41.3 Å². The van der Waals surface area contributed by atoms with Gasteiger partial charge in [0, 0.05) is 29.3 Å². The molecule has 0 saturated heterocycles. The Hall–Kier alpha value is -2.36. The van der Waals surface area contributed by atoms with Gasteiger partial charge < -0.3 is 20.5 Å². The maximum Gasteiger partial charge on any atom is 0.407 e. The van der Waals surface area contributed by atoms with Gasteiger partial charge in [-0.1, -0.05) is 26.0 Å². The maximum atomic E-state index is 13.8. The van der Waals surface area contributed by atoms with E-state index >= 15 is 0 Å². The third kappa shape index (κ3) is 8.86. The molecule has 3 rings (SSSR count). The van der Waals surface area contributed by atoms with Crippen LogP contribution in [0.25, 0.3) is 0 Å². The van der Waals surface area contributed by atoms with Gasteiger partial charge in [0.25, 0.3) is 0 Å². The number of alkyl carbamates (subject to hydrolysis) is 1. The van der Waals surface area contributed by atoms with Crippen LogP contribution in [0.3, 0.4) is 0 Å². The molecule has 204 valence electrons. The largest absolute Gasteiger partial charge is 0.444 e. The summed E-state index contributed by atoms with van der Waals surface area (Å²) < 4.78 is 45.5. The smallest absolute Gasteiger partial charge is 0.407 e. The number of ether oxygens (including phenoxy) is 1. The molecular weight excluding hydrogens is 498 g/mol. The molecule has 0 spiro atoms. The second-order valence-electron chi connectivity index (χ2n) is 11.1. The van der Waals surface area contributed by atoms with Crippen LogP contribution in [-0.4, -0.2) is 45.5 Å². The minimum atomic E-state index is -1.09. The number of aliphatic hydroxyl groups is 1. The lowest BCUT2D eigenvalue weighted by Gasteiger charge is -2.30. The van der Waals surface area contributed by atoms with Crippen molar-refractivity contribution in [1.82, 2.24) is 10.6 Å². The SMILES string of the molecule is CC(C)Cc1ccc2c(c1)C(NCC(O)C(Cc1cc(F)cc(F)c1)NC(=O)OC(C)(C)C)CCS2=O. The van der Waals surface area contributed by atoms with Gasteiger partial charge in [-0.05, 0) is 80.8 Å². The summed E-state index contributed by atoms with van der Waals surface area (Å²) in [5, 5.41) is 17.1. The second kappa shape index (κ2) is 12.5. The number of hydrogen-bond acceptors (Lipinski definition) is 5. The number of amides is 1. The molecular formula is C28H38F2N2O4S. The van der Waals surface area contributed by atoms with Crippen molar-refractivity contribution >= 4 is 16.9 Å². The van der Waals surface area contributed by atoms with E-state index in [1.807, 2.05) is 12.1 Å². The van der Waals surface area contributed by atoms with E-state index < -0.39 is 46.3 Å². The number of nitrogens with one attached hydrogen (secondary N) is 2. The van der Waals surface area contributed by atoms with Crippen LogP contribution >= 0.6 is 0 Å². The zero-order valence-corrected chi connectivity index (χ0v) is 23.0. The third-order valence-electron chi connectivity index (χ3n) is 6.05. The molecule has 0 fully saturated rings. The molecule has 2 aromatic rings. The molecule has 3 N–H and O–H groups in total. The Balaban J connectivity index is 1.77. The number of benzene rings is 2. The summed E-state index contributed by atoms with van der Waals surface area (Å²) in [6, 6.07) is 8.17. The van der Waals surface area contributed by atoms with Gasteiger partial charge in [0.05, 0.1) is 22.9 Å². The summed E-state index contributed by atoms with van der Waals surface area (Å²) in [5.41, 5.74) is 1.67. The first-order valence-electron chi connectivity index (χ1n) is 12.7. The van der Waals surface area contributed by atoms with E-state index in [0.29, 0.717) is 23.7 Å². The molecule has 1 amide bonds. The average Bonchev–Trinajstić information content (AvgIpc) is 2.75. The average molecular weight is 537 g/mol. The van der Waals surface area contributed by atoms with E-state index in [9.17, 15) is 22.9 Å². The highest BCUT2D eigenvalue weighted by molar-refractivity contribution is 7.85. The Morgan fingerprint density at radius 2 is 1.78 bits per heavy atom. The monoisotopic (exact) mass is 536 g/mol. The second-order valence-corrected chi connectivity index (χ2v) is 12.6. The van der Waals surface area contributed by atoms with E-state index in [2.05, 4.69) is 30.5 Å². The van der Waals surface area contributed by atoms with Crippen molar-refractivity contribution in [1.29, 1.82) is 0 Å². The van der Waals surface area contributed by atoms with Crippen LogP contribution in [0.4, 0.5) is 13.6 Å². The van der Waals surface area contributed by atoms with E-state index in [-0.39, 0.29) is 19.0 Å². The molecule has 0 radical (unpaired) electrons. The van der Waals surface area contributed by atoms with Crippen molar-refractivity contribution in [3.05, 3.63) is 64.7 Å². The highest BCUT2D eigenvalue weighted by Gasteiger charge is 2.29. The molecule has 0 bridgehead atoms. The van der Waals surface area contributed by atoms with Crippen LogP contribution in [0.2, 0.25) is 0 Å². The number of aliphatic hydroxyl groups excluding tert-OH is 1. The number of carbonyl (C=O) groups is 1. The predicted octanol–water partition coefficient (Wildman–Crippen LogP) is 4.80. The minimum absolute atomic E-state index is 0.000572.